The third-order valence-electron chi connectivity index (χ3n) is 3.71. The zero-order chi connectivity index (χ0) is 14.5. The molecule has 1 amide bonds. The number of nitrogens with one attached hydrogen (secondary N) is 1. The first-order valence-corrected chi connectivity index (χ1v) is 7.62. The molecule has 0 bridgehead atoms. The van der Waals surface area contributed by atoms with Crippen molar-refractivity contribution in [2.24, 2.45) is 5.92 Å². The van der Waals surface area contributed by atoms with Crippen molar-refractivity contribution in [3.05, 3.63) is 34.3 Å². The van der Waals surface area contributed by atoms with E-state index in [0.717, 1.165) is 22.9 Å². The summed E-state index contributed by atoms with van der Waals surface area (Å²) in [5.41, 5.74) is 1.09. The number of aryl methyl sites for hydroxylation is 1. The highest BCUT2D eigenvalue weighted by molar-refractivity contribution is 9.10. The highest BCUT2D eigenvalue weighted by atomic mass is 79.9. The maximum Gasteiger partial charge on any atom is 0.308 e. The van der Waals surface area contributed by atoms with Gasteiger partial charge in [0.1, 0.15) is 0 Å². The molecule has 5 heteroatoms. The summed E-state index contributed by atoms with van der Waals surface area (Å²) in [6.45, 7) is 0. The third-order valence-corrected chi connectivity index (χ3v) is 4.20. The third kappa shape index (κ3) is 4.07. The summed E-state index contributed by atoms with van der Waals surface area (Å²) >= 11 is 3.40. The molecule has 1 aromatic carbocycles. The summed E-state index contributed by atoms with van der Waals surface area (Å²) in [6, 6.07) is 7.65. The molecule has 1 aliphatic rings. The van der Waals surface area contributed by atoms with E-state index in [2.05, 4.69) is 21.2 Å². The topological polar surface area (TPSA) is 66.4 Å². The van der Waals surface area contributed by atoms with Gasteiger partial charge in [-0.05, 0) is 37.0 Å². The molecular weight excluding hydrogens is 322 g/mol. The van der Waals surface area contributed by atoms with E-state index in [1.54, 1.807) is 0 Å². The molecule has 4 nitrogen and oxygen atoms in total. The lowest BCUT2D eigenvalue weighted by Crippen LogP contribution is -2.40. The minimum atomic E-state index is -0.806. The lowest BCUT2D eigenvalue weighted by Gasteiger charge is -2.17. The van der Waals surface area contributed by atoms with Gasteiger partial charge >= 0.3 is 5.97 Å². The van der Waals surface area contributed by atoms with E-state index in [9.17, 15) is 9.59 Å². The Morgan fingerprint density at radius 1 is 1.35 bits per heavy atom. The second-order valence-electron chi connectivity index (χ2n) is 5.18. The van der Waals surface area contributed by atoms with Crippen molar-refractivity contribution >= 4 is 27.8 Å². The molecule has 20 heavy (non-hydrogen) atoms. The predicted molar refractivity (Wildman–Crippen MR) is 79.4 cm³/mol. The number of aliphatic carboxylic acids is 1. The van der Waals surface area contributed by atoms with Crippen LogP contribution in [-0.2, 0) is 16.0 Å². The Balaban J connectivity index is 1.82. The number of carboxylic acid groups (broad SMARTS) is 1. The highest BCUT2D eigenvalue weighted by Gasteiger charge is 2.33. The predicted octanol–water partition coefficient (Wildman–Crippen LogP) is 2.75. The fraction of sp³-hybridized carbons (Fsp3) is 0.467. The van der Waals surface area contributed by atoms with Gasteiger partial charge in [-0.3, -0.25) is 9.59 Å². The van der Waals surface area contributed by atoms with Gasteiger partial charge in [0.15, 0.2) is 0 Å². The Hall–Kier alpha value is -1.36. The second kappa shape index (κ2) is 6.88. The first-order valence-electron chi connectivity index (χ1n) is 6.83. The van der Waals surface area contributed by atoms with Crippen molar-refractivity contribution in [1.82, 2.24) is 5.32 Å². The average Bonchev–Trinajstić information content (AvgIpc) is 2.85. The molecule has 1 fully saturated rings. The molecule has 1 aromatic rings. The molecule has 0 aromatic heterocycles. The SMILES string of the molecule is O=C(CCc1cccc(Br)c1)NC1CCCC1C(=O)O. The molecule has 108 valence electrons. The first kappa shape index (κ1) is 15.0. The van der Waals surface area contributed by atoms with Crippen LogP contribution < -0.4 is 5.32 Å². The molecule has 0 saturated heterocycles. The van der Waals surface area contributed by atoms with E-state index in [0.29, 0.717) is 19.3 Å². The zero-order valence-electron chi connectivity index (χ0n) is 11.1. The Morgan fingerprint density at radius 2 is 2.15 bits per heavy atom. The van der Waals surface area contributed by atoms with E-state index in [1.165, 1.54) is 0 Å². The van der Waals surface area contributed by atoms with Crippen LogP contribution in [0.4, 0.5) is 0 Å². The maximum atomic E-state index is 11.9. The minimum absolute atomic E-state index is 0.0666. The molecule has 0 spiro atoms. The number of rotatable bonds is 5. The van der Waals surface area contributed by atoms with Crippen LogP contribution in [-0.4, -0.2) is 23.0 Å². The Morgan fingerprint density at radius 3 is 2.85 bits per heavy atom. The van der Waals surface area contributed by atoms with Crippen molar-refractivity contribution in [1.29, 1.82) is 0 Å². The van der Waals surface area contributed by atoms with Gasteiger partial charge < -0.3 is 10.4 Å². The summed E-state index contributed by atoms with van der Waals surface area (Å²) in [5.74, 6) is -1.30. The molecule has 2 rings (SSSR count). The average molecular weight is 340 g/mol. The lowest BCUT2D eigenvalue weighted by molar-refractivity contribution is -0.142. The van der Waals surface area contributed by atoms with Crippen LogP contribution in [0.1, 0.15) is 31.2 Å². The number of carbonyl (C=O) groups is 2. The molecule has 1 aliphatic carbocycles. The van der Waals surface area contributed by atoms with Crippen molar-refractivity contribution in [2.45, 2.75) is 38.1 Å². The van der Waals surface area contributed by atoms with E-state index in [4.69, 9.17) is 5.11 Å². The standard InChI is InChI=1S/C15H18BrNO3/c16-11-4-1-3-10(9-11)7-8-14(18)17-13-6-2-5-12(13)15(19)20/h1,3-4,9,12-13H,2,5-8H2,(H,17,18)(H,19,20). The van der Waals surface area contributed by atoms with Crippen LogP contribution in [0.3, 0.4) is 0 Å². The molecular formula is C15H18BrNO3. The normalized spacial score (nSPS) is 21.6. The van der Waals surface area contributed by atoms with Gasteiger partial charge in [0, 0.05) is 16.9 Å². The van der Waals surface area contributed by atoms with Crippen LogP contribution >= 0.6 is 15.9 Å². The highest BCUT2D eigenvalue weighted by Crippen LogP contribution is 2.25. The number of carbonyl (C=O) groups excluding carboxylic acids is 1. The molecule has 2 unspecified atom stereocenters. The van der Waals surface area contributed by atoms with Gasteiger partial charge in [0.25, 0.3) is 0 Å². The summed E-state index contributed by atoms with van der Waals surface area (Å²) in [6.07, 6.45) is 3.34. The molecule has 0 heterocycles. The lowest BCUT2D eigenvalue weighted by atomic mass is 10.0. The largest absolute Gasteiger partial charge is 0.481 e. The van der Waals surface area contributed by atoms with Gasteiger partial charge in [-0.25, -0.2) is 0 Å². The molecule has 0 aliphatic heterocycles. The molecule has 2 N–H and O–H groups in total. The van der Waals surface area contributed by atoms with Crippen molar-refractivity contribution in [2.75, 3.05) is 0 Å². The zero-order valence-corrected chi connectivity index (χ0v) is 12.7. The molecule has 2 atom stereocenters. The van der Waals surface area contributed by atoms with Gasteiger partial charge in [0.05, 0.1) is 5.92 Å². The number of benzene rings is 1. The van der Waals surface area contributed by atoms with Crippen molar-refractivity contribution in [3.63, 3.8) is 0 Å². The maximum absolute atomic E-state index is 11.9. The number of hydrogen-bond donors (Lipinski definition) is 2. The Kier molecular flexibility index (Phi) is 5.17. The number of hydrogen-bond acceptors (Lipinski definition) is 2. The minimum Gasteiger partial charge on any atom is -0.481 e. The van der Waals surface area contributed by atoms with Gasteiger partial charge in [0.2, 0.25) is 5.91 Å². The summed E-state index contributed by atoms with van der Waals surface area (Å²) in [7, 11) is 0. The first-order chi connectivity index (χ1) is 9.56. The Labute approximate surface area is 126 Å². The smallest absolute Gasteiger partial charge is 0.308 e. The van der Waals surface area contributed by atoms with Gasteiger partial charge in [-0.1, -0.05) is 34.5 Å². The summed E-state index contributed by atoms with van der Waals surface area (Å²) < 4.78 is 0.997. The fourth-order valence-electron chi connectivity index (χ4n) is 2.66. The molecule has 0 radical (unpaired) electrons. The molecule has 1 saturated carbocycles. The van der Waals surface area contributed by atoms with Crippen LogP contribution in [0.15, 0.2) is 28.7 Å². The van der Waals surface area contributed by atoms with E-state index in [1.807, 2.05) is 24.3 Å². The quantitative estimate of drug-likeness (QED) is 0.866. The van der Waals surface area contributed by atoms with Crippen LogP contribution in [0.5, 0.6) is 0 Å². The van der Waals surface area contributed by atoms with Crippen molar-refractivity contribution in [3.8, 4) is 0 Å². The number of halogens is 1. The van der Waals surface area contributed by atoms with Crippen molar-refractivity contribution < 1.29 is 14.7 Å². The van der Waals surface area contributed by atoms with E-state index < -0.39 is 11.9 Å². The summed E-state index contributed by atoms with van der Waals surface area (Å²) in [4.78, 5) is 23.0. The van der Waals surface area contributed by atoms with E-state index >= 15 is 0 Å². The number of carboxylic acids is 1. The monoisotopic (exact) mass is 339 g/mol. The van der Waals surface area contributed by atoms with Gasteiger partial charge in [-0.15, -0.1) is 0 Å². The van der Waals surface area contributed by atoms with Crippen LogP contribution in [0, 0.1) is 5.92 Å². The van der Waals surface area contributed by atoms with Crippen LogP contribution in [0.2, 0.25) is 0 Å². The van der Waals surface area contributed by atoms with Crippen LogP contribution in [0.25, 0.3) is 0 Å². The van der Waals surface area contributed by atoms with E-state index in [-0.39, 0.29) is 11.9 Å². The second-order valence-corrected chi connectivity index (χ2v) is 6.10. The fourth-order valence-corrected chi connectivity index (χ4v) is 3.10. The Bertz CT molecular complexity index is 504. The van der Waals surface area contributed by atoms with Gasteiger partial charge in [-0.2, -0.15) is 0 Å². The summed E-state index contributed by atoms with van der Waals surface area (Å²) in [5, 5.41) is 11.9. The number of amides is 1.